The second-order valence-electron chi connectivity index (χ2n) is 3.84. The molecule has 0 saturated heterocycles. The first-order chi connectivity index (χ1) is 7.60. The monoisotopic (exact) mass is 244 g/mol. The highest BCUT2D eigenvalue weighted by Gasteiger charge is 2.19. The van der Waals surface area contributed by atoms with Crippen molar-refractivity contribution in [2.45, 2.75) is 32.2 Å². The van der Waals surface area contributed by atoms with E-state index in [4.69, 9.17) is 16.7 Å². The Labute approximate surface area is 100 Å². The largest absolute Gasteiger partial charge is 0.392 e. The van der Waals surface area contributed by atoms with E-state index in [0.29, 0.717) is 17.9 Å². The summed E-state index contributed by atoms with van der Waals surface area (Å²) in [5.41, 5.74) is 2.25. The van der Waals surface area contributed by atoms with Gasteiger partial charge in [0.15, 0.2) is 0 Å². The van der Waals surface area contributed by atoms with Crippen molar-refractivity contribution in [3.8, 4) is 0 Å². The van der Waals surface area contributed by atoms with E-state index in [1.54, 1.807) is 12.1 Å². The summed E-state index contributed by atoms with van der Waals surface area (Å²) in [7, 11) is 0. The van der Waals surface area contributed by atoms with Gasteiger partial charge in [-0.25, -0.2) is 0 Å². The van der Waals surface area contributed by atoms with Crippen molar-refractivity contribution >= 4 is 11.6 Å². The number of alkyl halides is 1. The first-order valence-electron chi connectivity index (χ1n) is 5.22. The Bertz CT molecular complexity index is 341. The van der Waals surface area contributed by atoms with Crippen molar-refractivity contribution < 1.29 is 15.3 Å². The molecule has 90 valence electrons. The Morgan fingerprint density at radius 3 is 2.56 bits per heavy atom. The van der Waals surface area contributed by atoms with Crippen molar-refractivity contribution in [2.75, 3.05) is 5.88 Å². The summed E-state index contributed by atoms with van der Waals surface area (Å²) in [6.45, 7) is 1.78. The quantitative estimate of drug-likeness (QED) is 0.688. The fraction of sp³-hybridized carbons (Fsp3) is 0.500. The predicted octanol–water partition coefficient (Wildman–Crippen LogP) is 1.51. The number of aliphatic hydroxyl groups excluding tert-OH is 3. The fourth-order valence-electron chi connectivity index (χ4n) is 1.58. The van der Waals surface area contributed by atoms with Crippen LogP contribution in [0.1, 0.15) is 29.2 Å². The van der Waals surface area contributed by atoms with E-state index in [9.17, 15) is 10.2 Å². The van der Waals surface area contributed by atoms with Crippen molar-refractivity contribution in [2.24, 2.45) is 0 Å². The van der Waals surface area contributed by atoms with E-state index in [-0.39, 0.29) is 6.61 Å². The lowest BCUT2D eigenvalue weighted by atomic mass is 9.96. The molecule has 0 spiro atoms. The fourth-order valence-corrected chi connectivity index (χ4v) is 1.81. The Morgan fingerprint density at radius 1 is 1.31 bits per heavy atom. The second kappa shape index (κ2) is 6.21. The van der Waals surface area contributed by atoms with Crippen LogP contribution in [0.15, 0.2) is 18.2 Å². The van der Waals surface area contributed by atoms with Gasteiger partial charge in [0.2, 0.25) is 0 Å². The van der Waals surface area contributed by atoms with Gasteiger partial charge in [-0.05, 0) is 30.0 Å². The molecule has 0 amide bonds. The van der Waals surface area contributed by atoms with E-state index >= 15 is 0 Å². The lowest BCUT2D eigenvalue weighted by molar-refractivity contribution is 0.0165. The minimum atomic E-state index is -0.953. The maximum absolute atomic E-state index is 9.93. The van der Waals surface area contributed by atoms with Gasteiger partial charge in [-0.1, -0.05) is 18.2 Å². The Morgan fingerprint density at radius 2 is 2.00 bits per heavy atom. The average molecular weight is 245 g/mol. The van der Waals surface area contributed by atoms with Gasteiger partial charge in [0.1, 0.15) is 6.10 Å². The van der Waals surface area contributed by atoms with E-state index < -0.39 is 12.2 Å². The van der Waals surface area contributed by atoms with E-state index in [1.165, 1.54) is 0 Å². The van der Waals surface area contributed by atoms with Crippen LogP contribution < -0.4 is 0 Å². The summed E-state index contributed by atoms with van der Waals surface area (Å²) in [4.78, 5) is 0. The van der Waals surface area contributed by atoms with E-state index in [0.717, 1.165) is 11.1 Å². The molecule has 0 saturated carbocycles. The summed E-state index contributed by atoms with van der Waals surface area (Å²) in [6, 6.07) is 5.31. The van der Waals surface area contributed by atoms with Crippen molar-refractivity contribution in [3.63, 3.8) is 0 Å². The number of aryl methyl sites for hydroxylation is 1. The molecule has 0 radical (unpaired) electrons. The highest BCUT2D eigenvalue weighted by Crippen LogP contribution is 2.24. The van der Waals surface area contributed by atoms with Crippen LogP contribution in [0.3, 0.4) is 0 Å². The summed E-state index contributed by atoms with van der Waals surface area (Å²) >= 11 is 5.52. The Kier molecular flexibility index (Phi) is 5.22. The topological polar surface area (TPSA) is 60.7 Å². The lowest BCUT2D eigenvalue weighted by Gasteiger charge is -2.19. The molecule has 0 fully saturated rings. The summed E-state index contributed by atoms with van der Waals surface area (Å²) < 4.78 is 0. The first kappa shape index (κ1) is 13.5. The van der Waals surface area contributed by atoms with Gasteiger partial charge in [0, 0.05) is 5.88 Å². The molecule has 3 nitrogen and oxygen atoms in total. The molecule has 3 N–H and O–H groups in total. The molecule has 0 bridgehead atoms. The first-order valence-corrected chi connectivity index (χ1v) is 5.76. The molecular weight excluding hydrogens is 228 g/mol. The molecule has 1 aromatic rings. The van der Waals surface area contributed by atoms with Crippen LogP contribution >= 0.6 is 11.6 Å². The summed E-state index contributed by atoms with van der Waals surface area (Å²) in [5, 5.41) is 28.6. The van der Waals surface area contributed by atoms with Gasteiger partial charge >= 0.3 is 0 Å². The van der Waals surface area contributed by atoms with Crippen molar-refractivity contribution in [3.05, 3.63) is 34.9 Å². The number of hydrogen-bond donors (Lipinski definition) is 3. The standard InChI is InChI=1S/C12H17ClO3/c1-8-2-3-9(7-14)6-10(8)12(16)11(15)4-5-13/h2-3,6,11-12,14-16H,4-5,7H2,1H3. The maximum atomic E-state index is 9.93. The van der Waals surface area contributed by atoms with Gasteiger partial charge < -0.3 is 15.3 Å². The second-order valence-corrected chi connectivity index (χ2v) is 4.22. The zero-order chi connectivity index (χ0) is 12.1. The van der Waals surface area contributed by atoms with Crippen LogP contribution in [0.2, 0.25) is 0 Å². The zero-order valence-electron chi connectivity index (χ0n) is 9.23. The highest BCUT2D eigenvalue weighted by atomic mass is 35.5. The summed E-state index contributed by atoms with van der Waals surface area (Å²) in [5.74, 6) is 0.303. The van der Waals surface area contributed by atoms with Gasteiger partial charge in [0.05, 0.1) is 12.7 Å². The number of hydrogen-bond acceptors (Lipinski definition) is 3. The van der Waals surface area contributed by atoms with E-state index in [2.05, 4.69) is 0 Å². The molecule has 4 heteroatoms. The lowest BCUT2D eigenvalue weighted by Crippen LogP contribution is -2.19. The molecule has 0 aliphatic carbocycles. The van der Waals surface area contributed by atoms with Gasteiger partial charge in [0.25, 0.3) is 0 Å². The number of rotatable bonds is 5. The van der Waals surface area contributed by atoms with Crippen LogP contribution in [0.5, 0.6) is 0 Å². The number of benzene rings is 1. The molecule has 0 aromatic heterocycles. The van der Waals surface area contributed by atoms with Crippen molar-refractivity contribution in [1.29, 1.82) is 0 Å². The third-order valence-corrected chi connectivity index (χ3v) is 2.83. The average Bonchev–Trinajstić information content (AvgIpc) is 2.29. The number of aliphatic hydroxyl groups is 3. The molecule has 0 aliphatic rings. The van der Waals surface area contributed by atoms with Gasteiger partial charge in [-0.2, -0.15) is 0 Å². The van der Waals surface area contributed by atoms with Crippen LogP contribution in [0.4, 0.5) is 0 Å². The molecule has 1 rings (SSSR count). The third kappa shape index (κ3) is 3.19. The maximum Gasteiger partial charge on any atom is 0.105 e. The number of halogens is 1. The molecule has 1 aromatic carbocycles. The van der Waals surface area contributed by atoms with Crippen LogP contribution in [-0.4, -0.2) is 27.3 Å². The van der Waals surface area contributed by atoms with Crippen molar-refractivity contribution in [1.82, 2.24) is 0 Å². The third-order valence-electron chi connectivity index (χ3n) is 2.61. The van der Waals surface area contributed by atoms with Crippen LogP contribution in [-0.2, 0) is 6.61 Å². The van der Waals surface area contributed by atoms with Crippen LogP contribution in [0, 0.1) is 6.92 Å². The molecule has 16 heavy (non-hydrogen) atoms. The van der Waals surface area contributed by atoms with Gasteiger partial charge in [-0.3, -0.25) is 0 Å². The SMILES string of the molecule is Cc1ccc(CO)cc1C(O)C(O)CCCl. The van der Waals surface area contributed by atoms with Gasteiger partial charge in [-0.15, -0.1) is 11.6 Å². The predicted molar refractivity (Wildman–Crippen MR) is 63.4 cm³/mol. The summed E-state index contributed by atoms with van der Waals surface area (Å²) in [6.07, 6.45) is -1.48. The highest BCUT2D eigenvalue weighted by molar-refractivity contribution is 6.17. The molecule has 2 atom stereocenters. The molecular formula is C12H17ClO3. The Hall–Kier alpha value is -0.610. The Balaban J connectivity index is 2.92. The minimum Gasteiger partial charge on any atom is -0.392 e. The zero-order valence-corrected chi connectivity index (χ0v) is 9.98. The molecule has 0 aliphatic heterocycles. The smallest absolute Gasteiger partial charge is 0.105 e. The van der Waals surface area contributed by atoms with E-state index in [1.807, 2.05) is 13.0 Å². The van der Waals surface area contributed by atoms with Crippen LogP contribution in [0.25, 0.3) is 0 Å². The minimum absolute atomic E-state index is 0.0778. The molecule has 0 heterocycles. The normalized spacial score (nSPS) is 14.8. The molecule has 2 unspecified atom stereocenters.